The van der Waals surface area contributed by atoms with Crippen molar-refractivity contribution in [2.45, 2.75) is 43.4 Å². The second kappa shape index (κ2) is 4.54. The molecule has 2 N–H and O–H groups in total. The number of hydrogen-bond donors (Lipinski definition) is 2. The van der Waals surface area contributed by atoms with Crippen molar-refractivity contribution >= 4 is 17.0 Å². The number of fused-ring (bicyclic) bond motifs is 6. The van der Waals surface area contributed by atoms with Crippen molar-refractivity contribution in [1.82, 2.24) is 24.8 Å². The summed E-state index contributed by atoms with van der Waals surface area (Å²) in [5.41, 5.74) is 4.70. The Morgan fingerprint density at radius 1 is 1.08 bits per heavy atom. The van der Waals surface area contributed by atoms with Crippen LogP contribution < -0.4 is 10.6 Å². The van der Waals surface area contributed by atoms with Crippen molar-refractivity contribution in [3.05, 3.63) is 48.0 Å². The van der Waals surface area contributed by atoms with Gasteiger partial charge in [0, 0.05) is 12.1 Å². The van der Waals surface area contributed by atoms with Crippen LogP contribution in [0.2, 0.25) is 0 Å². The van der Waals surface area contributed by atoms with E-state index in [4.69, 9.17) is 0 Å². The number of anilines is 1. The van der Waals surface area contributed by atoms with E-state index in [1.165, 1.54) is 24.0 Å². The average Bonchev–Trinajstić information content (AvgIpc) is 3.06. The zero-order valence-electron chi connectivity index (χ0n) is 13.2. The second-order valence-corrected chi connectivity index (χ2v) is 7.09. The van der Waals surface area contributed by atoms with Crippen LogP contribution in [0.3, 0.4) is 0 Å². The van der Waals surface area contributed by atoms with Gasteiger partial charge in [-0.05, 0) is 30.4 Å². The van der Waals surface area contributed by atoms with E-state index in [1.54, 1.807) is 6.33 Å². The van der Waals surface area contributed by atoms with Crippen molar-refractivity contribution in [3.63, 3.8) is 0 Å². The van der Waals surface area contributed by atoms with Crippen molar-refractivity contribution in [1.29, 1.82) is 0 Å². The molecule has 6 rings (SSSR count). The van der Waals surface area contributed by atoms with Gasteiger partial charge < -0.3 is 15.2 Å². The number of nitrogens with zero attached hydrogens (tertiary/aromatic N) is 4. The molecule has 120 valence electrons. The van der Waals surface area contributed by atoms with Gasteiger partial charge in [-0.25, -0.2) is 15.0 Å². The molecule has 6 heteroatoms. The summed E-state index contributed by atoms with van der Waals surface area (Å²) in [4.78, 5) is 13.6. The molecule has 3 aromatic rings. The summed E-state index contributed by atoms with van der Waals surface area (Å²) in [6, 6.07) is 10.5. The lowest BCUT2D eigenvalue weighted by atomic mass is 9.88. The molecule has 0 amide bonds. The second-order valence-electron chi connectivity index (χ2n) is 7.09. The molecule has 1 saturated heterocycles. The molecule has 1 saturated carbocycles. The summed E-state index contributed by atoms with van der Waals surface area (Å²) in [5, 5.41) is 7.22. The lowest BCUT2D eigenvalue weighted by molar-refractivity contribution is 0.450. The Kier molecular flexibility index (Phi) is 2.44. The molecule has 3 atom stereocenters. The molecule has 6 nitrogen and oxygen atoms in total. The molecule has 0 radical (unpaired) electrons. The van der Waals surface area contributed by atoms with Crippen LogP contribution >= 0.6 is 0 Å². The predicted molar refractivity (Wildman–Crippen MR) is 90.7 cm³/mol. The van der Waals surface area contributed by atoms with Crippen LogP contribution in [0.15, 0.2) is 36.9 Å². The molecule has 2 aromatic heterocycles. The van der Waals surface area contributed by atoms with E-state index >= 15 is 0 Å². The van der Waals surface area contributed by atoms with Gasteiger partial charge in [-0.15, -0.1) is 0 Å². The van der Waals surface area contributed by atoms with E-state index in [1.807, 2.05) is 6.33 Å². The number of hydrogen-bond acceptors (Lipinski definition) is 5. The first-order valence-corrected chi connectivity index (χ1v) is 8.67. The Bertz CT molecular complexity index is 944. The lowest BCUT2D eigenvalue weighted by Crippen LogP contribution is -2.18. The highest BCUT2D eigenvalue weighted by Crippen LogP contribution is 2.51. The summed E-state index contributed by atoms with van der Waals surface area (Å²) >= 11 is 0. The van der Waals surface area contributed by atoms with E-state index in [0.717, 1.165) is 23.4 Å². The topological polar surface area (TPSA) is 67.7 Å². The van der Waals surface area contributed by atoms with Crippen LogP contribution in [-0.4, -0.2) is 25.6 Å². The Labute approximate surface area is 139 Å². The standard InChI is InChI=1S/C18H18N6/c1-2-4-12-11(3-1)13-7-14(15(12)23-13)24-9-21-16-17(22-10-5-6-10)19-8-20-18(16)24/h1-4,8-10,13-15,23H,5-7H2,(H,19,20,22)/t13-,14?,15-/m1/s1. The van der Waals surface area contributed by atoms with E-state index < -0.39 is 0 Å². The first-order valence-electron chi connectivity index (χ1n) is 8.67. The fraction of sp³-hybridized carbons (Fsp3) is 0.389. The molecular formula is C18H18N6. The van der Waals surface area contributed by atoms with Crippen LogP contribution in [0.5, 0.6) is 0 Å². The third kappa shape index (κ3) is 1.72. The smallest absolute Gasteiger partial charge is 0.165 e. The molecule has 1 aliphatic carbocycles. The first kappa shape index (κ1) is 12.9. The summed E-state index contributed by atoms with van der Waals surface area (Å²) < 4.78 is 2.24. The maximum absolute atomic E-state index is 4.63. The Morgan fingerprint density at radius 2 is 1.96 bits per heavy atom. The normalized spacial score (nSPS) is 27.6. The van der Waals surface area contributed by atoms with Gasteiger partial charge >= 0.3 is 0 Å². The summed E-state index contributed by atoms with van der Waals surface area (Å²) in [6.45, 7) is 0. The van der Waals surface area contributed by atoms with Gasteiger partial charge in [-0.1, -0.05) is 24.3 Å². The molecule has 2 bridgehead atoms. The van der Waals surface area contributed by atoms with Crippen LogP contribution in [0.4, 0.5) is 5.82 Å². The molecule has 0 spiro atoms. The van der Waals surface area contributed by atoms with E-state index in [0.29, 0.717) is 24.2 Å². The number of rotatable bonds is 3. The molecule has 1 aromatic carbocycles. The monoisotopic (exact) mass is 318 g/mol. The molecule has 4 heterocycles. The summed E-state index contributed by atoms with van der Waals surface area (Å²) in [5.74, 6) is 0.873. The number of aromatic nitrogens is 4. The molecule has 2 fully saturated rings. The van der Waals surface area contributed by atoms with Crippen molar-refractivity contribution in [2.24, 2.45) is 0 Å². The quantitative estimate of drug-likeness (QED) is 0.777. The van der Waals surface area contributed by atoms with Crippen LogP contribution in [0.25, 0.3) is 11.2 Å². The van der Waals surface area contributed by atoms with E-state index in [9.17, 15) is 0 Å². The van der Waals surface area contributed by atoms with Gasteiger partial charge in [0.1, 0.15) is 11.8 Å². The molecule has 2 aliphatic heterocycles. The van der Waals surface area contributed by atoms with E-state index in [2.05, 4.69) is 54.4 Å². The molecule has 3 aliphatic rings. The highest BCUT2D eigenvalue weighted by atomic mass is 15.2. The highest BCUT2D eigenvalue weighted by molar-refractivity contribution is 5.83. The minimum Gasteiger partial charge on any atom is -0.365 e. The Balaban J connectivity index is 1.43. The SMILES string of the molecule is c1ccc2c(c1)[C@H]1N[C@@H]2CC1n1cnc2c(NC3CC3)ncnc21. The van der Waals surface area contributed by atoms with Crippen LogP contribution in [0, 0.1) is 0 Å². The Morgan fingerprint density at radius 3 is 2.83 bits per heavy atom. The number of nitrogens with one attached hydrogen (secondary N) is 2. The van der Waals surface area contributed by atoms with E-state index in [-0.39, 0.29) is 0 Å². The molecule has 1 unspecified atom stereocenters. The van der Waals surface area contributed by atoms with Gasteiger partial charge in [0.05, 0.1) is 18.4 Å². The third-order valence-corrected chi connectivity index (χ3v) is 5.58. The summed E-state index contributed by atoms with van der Waals surface area (Å²) in [7, 11) is 0. The highest BCUT2D eigenvalue weighted by Gasteiger charge is 2.44. The first-order chi connectivity index (χ1) is 11.9. The minimum absolute atomic E-state index is 0.346. The largest absolute Gasteiger partial charge is 0.365 e. The predicted octanol–water partition coefficient (Wildman–Crippen LogP) is 2.73. The number of benzene rings is 1. The third-order valence-electron chi connectivity index (χ3n) is 5.58. The average molecular weight is 318 g/mol. The minimum atomic E-state index is 0.346. The fourth-order valence-corrected chi connectivity index (χ4v) is 4.29. The van der Waals surface area contributed by atoms with Crippen LogP contribution in [0.1, 0.15) is 48.5 Å². The molecular weight excluding hydrogens is 300 g/mol. The number of imidazole rings is 1. The van der Waals surface area contributed by atoms with Crippen molar-refractivity contribution < 1.29 is 0 Å². The van der Waals surface area contributed by atoms with Crippen LogP contribution in [-0.2, 0) is 0 Å². The van der Waals surface area contributed by atoms with Crippen molar-refractivity contribution in [3.8, 4) is 0 Å². The molecule has 24 heavy (non-hydrogen) atoms. The fourth-order valence-electron chi connectivity index (χ4n) is 4.29. The van der Waals surface area contributed by atoms with Gasteiger partial charge in [-0.2, -0.15) is 0 Å². The lowest BCUT2D eigenvalue weighted by Gasteiger charge is -2.24. The Hall–Kier alpha value is -2.47. The zero-order chi connectivity index (χ0) is 15.7. The van der Waals surface area contributed by atoms with Crippen molar-refractivity contribution in [2.75, 3.05) is 5.32 Å². The maximum atomic E-state index is 4.63. The summed E-state index contributed by atoms with van der Waals surface area (Å²) in [6.07, 6.45) is 7.12. The van der Waals surface area contributed by atoms with Gasteiger partial charge in [0.15, 0.2) is 11.5 Å². The maximum Gasteiger partial charge on any atom is 0.165 e. The van der Waals surface area contributed by atoms with Gasteiger partial charge in [0.2, 0.25) is 0 Å². The van der Waals surface area contributed by atoms with Gasteiger partial charge in [0.25, 0.3) is 0 Å². The zero-order valence-corrected chi connectivity index (χ0v) is 13.2. The van der Waals surface area contributed by atoms with Gasteiger partial charge in [-0.3, -0.25) is 0 Å².